The Labute approximate surface area is 210 Å². The molecule has 0 saturated heterocycles. The fourth-order valence-corrected chi connectivity index (χ4v) is 3.87. The summed E-state index contributed by atoms with van der Waals surface area (Å²) in [6, 6.07) is 18.8. The number of phenolic OH excluding ortho intramolecular Hbond substituents is 1. The Morgan fingerprint density at radius 2 is 1.78 bits per heavy atom. The Bertz CT molecular complexity index is 1610. The molecule has 2 aromatic heterocycles. The van der Waals surface area contributed by atoms with Crippen LogP contribution in [0.1, 0.15) is 12.7 Å². The molecule has 5 rings (SSSR count). The third-order valence-corrected chi connectivity index (χ3v) is 5.66. The summed E-state index contributed by atoms with van der Waals surface area (Å²) in [7, 11) is 0. The lowest BCUT2D eigenvalue weighted by atomic mass is 10.1. The summed E-state index contributed by atoms with van der Waals surface area (Å²) in [5.74, 6) is -0.193. The van der Waals surface area contributed by atoms with E-state index in [1.54, 1.807) is 10.6 Å². The van der Waals surface area contributed by atoms with Crippen LogP contribution in [0.4, 0.5) is 16.2 Å². The summed E-state index contributed by atoms with van der Waals surface area (Å²) >= 11 is 6.16. The van der Waals surface area contributed by atoms with Crippen LogP contribution in [0.2, 0.25) is 5.02 Å². The molecular formula is C26H22ClFN6O2. The first-order valence-corrected chi connectivity index (χ1v) is 11.3. The second kappa shape index (κ2) is 10.4. The van der Waals surface area contributed by atoms with Gasteiger partial charge in [-0.25, -0.2) is 14.4 Å². The van der Waals surface area contributed by atoms with E-state index in [-0.39, 0.29) is 17.3 Å². The van der Waals surface area contributed by atoms with Crippen molar-refractivity contribution in [3.8, 4) is 22.6 Å². The smallest absolute Gasteiger partial charge is 0.267 e. The van der Waals surface area contributed by atoms with Crippen molar-refractivity contribution < 1.29 is 9.50 Å². The van der Waals surface area contributed by atoms with Gasteiger partial charge in [-0.3, -0.25) is 9.36 Å². The van der Waals surface area contributed by atoms with E-state index < -0.39 is 11.6 Å². The summed E-state index contributed by atoms with van der Waals surface area (Å²) < 4.78 is 14.8. The lowest BCUT2D eigenvalue weighted by Gasteiger charge is -2.12. The highest BCUT2D eigenvalue weighted by molar-refractivity contribution is 6.35. The quantitative estimate of drug-likeness (QED) is 0.322. The molecule has 0 atom stereocenters. The number of para-hydroxylation sites is 1. The first kappa shape index (κ1) is 24.6. The molecule has 2 heterocycles. The first-order chi connectivity index (χ1) is 17.3. The van der Waals surface area contributed by atoms with Gasteiger partial charge in [-0.15, -0.1) is 0 Å². The van der Waals surface area contributed by atoms with Crippen LogP contribution in [0.3, 0.4) is 0 Å². The minimum absolute atomic E-state index is 0.0560. The number of benzene rings is 3. The van der Waals surface area contributed by atoms with Crippen LogP contribution in [-0.2, 0) is 6.42 Å². The SMILES string of the molecule is CCc1nc2cccc(Cl)c2c(=O)n1-c1ccccc1.Nc1ncc(-c2ccc(O)c(F)c2)c(N)n1. The van der Waals surface area contributed by atoms with Gasteiger partial charge < -0.3 is 16.6 Å². The summed E-state index contributed by atoms with van der Waals surface area (Å²) in [6.45, 7) is 1.98. The third kappa shape index (κ3) is 4.96. The van der Waals surface area contributed by atoms with E-state index in [1.807, 2.05) is 49.4 Å². The zero-order chi connectivity index (χ0) is 25.8. The number of fused-ring (bicyclic) bond motifs is 1. The number of aryl methyl sites for hydroxylation is 1. The Kier molecular flexibility index (Phi) is 7.12. The Morgan fingerprint density at radius 1 is 1.03 bits per heavy atom. The van der Waals surface area contributed by atoms with Gasteiger partial charge in [-0.05, 0) is 42.0 Å². The molecule has 3 aromatic carbocycles. The zero-order valence-electron chi connectivity index (χ0n) is 19.2. The van der Waals surface area contributed by atoms with E-state index in [9.17, 15) is 9.18 Å². The third-order valence-electron chi connectivity index (χ3n) is 5.34. The highest BCUT2D eigenvalue weighted by Crippen LogP contribution is 2.27. The summed E-state index contributed by atoms with van der Waals surface area (Å²) in [4.78, 5) is 24.9. The zero-order valence-corrected chi connectivity index (χ0v) is 19.9. The van der Waals surface area contributed by atoms with E-state index in [0.717, 1.165) is 17.6 Å². The largest absolute Gasteiger partial charge is 0.505 e. The van der Waals surface area contributed by atoms with Gasteiger partial charge in [0.1, 0.15) is 11.6 Å². The molecular weight excluding hydrogens is 483 g/mol. The Morgan fingerprint density at radius 3 is 2.44 bits per heavy atom. The fraction of sp³-hybridized carbons (Fsp3) is 0.0769. The maximum Gasteiger partial charge on any atom is 0.267 e. The Balaban J connectivity index is 0.000000174. The highest BCUT2D eigenvalue weighted by atomic mass is 35.5. The van der Waals surface area contributed by atoms with Gasteiger partial charge >= 0.3 is 0 Å². The van der Waals surface area contributed by atoms with Crippen molar-refractivity contribution >= 4 is 34.3 Å². The van der Waals surface area contributed by atoms with E-state index in [4.69, 9.17) is 28.2 Å². The normalized spacial score (nSPS) is 10.6. The fourth-order valence-electron chi connectivity index (χ4n) is 3.62. The number of rotatable bonds is 3. The monoisotopic (exact) mass is 504 g/mol. The molecule has 0 aliphatic heterocycles. The molecule has 0 aliphatic carbocycles. The van der Waals surface area contributed by atoms with Gasteiger partial charge in [-0.2, -0.15) is 4.98 Å². The molecule has 0 saturated carbocycles. The molecule has 5 N–H and O–H groups in total. The van der Waals surface area contributed by atoms with Crippen LogP contribution in [0.25, 0.3) is 27.7 Å². The number of nitrogens with zero attached hydrogens (tertiary/aromatic N) is 4. The maximum atomic E-state index is 13.1. The van der Waals surface area contributed by atoms with Crippen molar-refractivity contribution in [2.24, 2.45) is 0 Å². The van der Waals surface area contributed by atoms with E-state index in [1.165, 1.54) is 18.3 Å². The second-order valence-corrected chi connectivity index (χ2v) is 8.09. The van der Waals surface area contributed by atoms with Crippen molar-refractivity contribution in [3.05, 3.63) is 99.9 Å². The number of nitrogens with two attached hydrogens (primary N) is 2. The molecule has 0 radical (unpaired) electrons. The van der Waals surface area contributed by atoms with Crippen molar-refractivity contribution in [2.45, 2.75) is 13.3 Å². The van der Waals surface area contributed by atoms with Crippen LogP contribution >= 0.6 is 11.6 Å². The number of aromatic nitrogens is 4. The molecule has 0 aliphatic rings. The van der Waals surface area contributed by atoms with Gasteiger partial charge in [0.2, 0.25) is 5.95 Å². The molecule has 0 spiro atoms. The van der Waals surface area contributed by atoms with Gasteiger partial charge in [0, 0.05) is 18.2 Å². The van der Waals surface area contributed by atoms with Crippen LogP contribution < -0.4 is 17.0 Å². The lowest BCUT2D eigenvalue weighted by Crippen LogP contribution is -2.23. The average Bonchev–Trinajstić information content (AvgIpc) is 2.86. The number of aromatic hydroxyl groups is 1. The number of hydrogen-bond acceptors (Lipinski definition) is 7. The second-order valence-electron chi connectivity index (χ2n) is 7.68. The minimum atomic E-state index is -0.728. The van der Waals surface area contributed by atoms with Gasteiger partial charge in [0.25, 0.3) is 5.56 Å². The number of anilines is 2. The van der Waals surface area contributed by atoms with E-state index in [0.29, 0.717) is 33.5 Å². The number of hydrogen-bond donors (Lipinski definition) is 3. The summed E-state index contributed by atoms with van der Waals surface area (Å²) in [6.07, 6.45) is 2.08. The lowest BCUT2D eigenvalue weighted by molar-refractivity contribution is 0.432. The molecule has 0 unspecified atom stereocenters. The van der Waals surface area contributed by atoms with E-state index in [2.05, 4.69) is 15.0 Å². The average molecular weight is 505 g/mol. The number of phenols is 1. The topological polar surface area (TPSA) is 133 Å². The predicted molar refractivity (Wildman–Crippen MR) is 140 cm³/mol. The number of halogens is 2. The van der Waals surface area contributed by atoms with Crippen molar-refractivity contribution in [3.63, 3.8) is 0 Å². The first-order valence-electron chi connectivity index (χ1n) is 10.9. The van der Waals surface area contributed by atoms with Gasteiger partial charge in [-0.1, -0.05) is 48.9 Å². The molecule has 0 amide bonds. The Hall–Kier alpha value is -4.50. The van der Waals surface area contributed by atoms with Crippen LogP contribution in [-0.4, -0.2) is 24.6 Å². The number of nitrogen functional groups attached to an aromatic ring is 2. The molecule has 36 heavy (non-hydrogen) atoms. The van der Waals surface area contributed by atoms with E-state index >= 15 is 0 Å². The van der Waals surface area contributed by atoms with Gasteiger partial charge in [0.05, 0.1) is 21.6 Å². The standard InChI is InChI=1S/C16H13ClN2O.C10H9FN4O/c1-2-14-18-13-10-6-9-12(17)15(13)16(20)19(14)11-7-4-3-5-8-11;11-7-3-5(1-2-8(7)16)6-4-14-10(13)15-9(6)12/h3-10H,2H2,1H3;1-4,16H,(H4,12,13,14,15). The maximum absolute atomic E-state index is 13.1. The van der Waals surface area contributed by atoms with Crippen molar-refractivity contribution in [1.82, 2.24) is 19.5 Å². The van der Waals surface area contributed by atoms with Crippen molar-refractivity contribution in [1.29, 1.82) is 0 Å². The summed E-state index contributed by atoms with van der Waals surface area (Å²) in [5.41, 5.74) is 13.2. The molecule has 10 heteroatoms. The molecule has 0 bridgehead atoms. The van der Waals surface area contributed by atoms with Crippen molar-refractivity contribution in [2.75, 3.05) is 11.5 Å². The van der Waals surface area contributed by atoms with Crippen LogP contribution in [0.15, 0.2) is 77.7 Å². The molecule has 182 valence electrons. The molecule has 5 aromatic rings. The van der Waals surface area contributed by atoms with Crippen LogP contribution in [0.5, 0.6) is 5.75 Å². The minimum Gasteiger partial charge on any atom is -0.505 e. The summed E-state index contributed by atoms with van der Waals surface area (Å²) in [5, 5.41) is 9.95. The van der Waals surface area contributed by atoms with Gasteiger partial charge in [0.15, 0.2) is 11.6 Å². The van der Waals surface area contributed by atoms with Crippen LogP contribution in [0, 0.1) is 5.82 Å². The highest BCUT2D eigenvalue weighted by Gasteiger charge is 2.13. The molecule has 0 fully saturated rings. The predicted octanol–water partition coefficient (Wildman–Crippen LogP) is 4.75. The molecule has 8 nitrogen and oxygen atoms in total.